The van der Waals surface area contributed by atoms with Gasteiger partial charge in [0.2, 0.25) is 0 Å². The summed E-state index contributed by atoms with van der Waals surface area (Å²) in [6, 6.07) is 15.1. The molecule has 0 spiro atoms. The Morgan fingerprint density at radius 1 is 0.750 bits per heavy atom. The Kier molecular flexibility index (Phi) is 11.1. The van der Waals surface area contributed by atoms with Crippen LogP contribution < -0.4 is 24.8 Å². The van der Waals surface area contributed by atoms with Crippen LogP contribution >= 0.6 is 0 Å². The second-order valence-electron chi connectivity index (χ2n) is 16.9. The van der Waals surface area contributed by atoms with Crippen LogP contribution in [0, 0.1) is 22.7 Å². The average molecular weight is 709 g/mol. The molecule has 2 aromatic rings. The van der Waals surface area contributed by atoms with Gasteiger partial charge in [0.1, 0.15) is 0 Å². The molecule has 0 nitrogen and oxygen atoms in total. The van der Waals surface area contributed by atoms with Gasteiger partial charge in [0.25, 0.3) is 0 Å². The summed E-state index contributed by atoms with van der Waals surface area (Å²) in [5, 5.41) is 0. The monoisotopic (exact) mass is 706 g/mol. The van der Waals surface area contributed by atoms with Crippen LogP contribution in [-0.4, -0.2) is 0 Å². The van der Waals surface area contributed by atoms with E-state index >= 15 is 0 Å². The van der Waals surface area contributed by atoms with Gasteiger partial charge in [-0.2, -0.15) is 0 Å². The van der Waals surface area contributed by atoms with E-state index < -0.39 is 0 Å². The Labute approximate surface area is 301 Å². The summed E-state index contributed by atoms with van der Waals surface area (Å²) >= 11 is 0. The largest absolute Gasteiger partial charge is 2.00 e. The first-order valence-corrected chi connectivity index (χ1v) is 16.5. The number of halogens is 2. The second kappa shape index (κ2) is 13.0. The van der Waals surface area contributed by atoms with Gasteiger partial charge in [-0.1, -0.05) is 135 Å². The number of benzene rings is 2. The summed E-state index contributed by atoms with van der Waals surface area (Å²) in [6.07, 6.45) is 15.2. The van der Waals surface area contributed by atoms with E-state index in [0.29, 0.717) is 11.8 Å². The molecule has 6 rings (SSSR count). The molecule has 0 saturated heterocycles. The topological polar surface area (TPSA) is 0 Å². The van der Waals surface area contributed by atoms with E-state index in [4.69, 9.17) is 0 Å². The smallest absolute Gasteiger partial charge is 1.00 e. The van der Waals surface area contributed by atoms with Crippen LogP contribution in [0.15, 0.2) is 71.3 Å². The standard InChI is InChI=1S/C41H54.2ClH.Zr/c1-11-41(25-35(26-15-13-12-14-16-26)34-23-29(24-36(34)41)40(8,9)10)37-30-19-17-27(38(2,3)4)21-32(30)33-22-28(39(5,6)7)18-20-31(33)37;;;/h12-13,17-22,24,26,35,37H,11,14-16,23,25H2,1-10H3;2*1H;/q;;;+2/p-2. The van der Waals surface area contributed by atoms with Crippen LogP contribution in [0.5, 0.6) is 0 Å². The van der Waals surface area contributed by atoms with Crippen molar-refractivity contribution >= 4 is 0 Å². The third kappa shape index (κ3) is 6.23. The predicted octanol–water partition coefficient (Wildman–Crippen LogP) is 5.84. The minimum absolute atomic E-state index is 0. The van der Waals surface area contributed by atoms with Crippen LogP contribution in [0.4, 0.5) is 0 Å². The van der Waals surface area contributed by atoms with Crippen molar-refractivity contribution in [2.75, 3.05) is 0 Å². The Bertz CT molecular complexity index is 1410. The summed E-state index contributed by atoms with van der Waals surface area (Å²) in [5.41, 5.74) is 14.9. The first-order chi connectivity index (χ1) is 19.1. The summed E-state index contributed by atoms with van der Waals surface area (Å²) < 4.78 is 0. The van der Waals surface area contributed by atoms with Gasteiger partial charge in [-0.15, -0.1) is 0 Å². The van der Waals surface area contributed by atoms with Gasteiger partial charge in [0.05, 0.1) is 0 Å². The zero-order chi connectivity index (χ0) is 29.5. The number of hydrogen-bond acceptors (Lipinski definition) is 0. The molecular weight excluding hydrogens is 655 g/mol. The molecule has 4 aliphatic carbocycles. The van der Waals surface area contributed by atoms with Crippen molar-refractivity contribution in [3.63, 3.8) is 0 Å². The molecule has 0 fully saturated rings. The molecule has 0 N–H and O–H groups in total. The minimum Gasteiger partial charge on any atom is -1.00 e. The maximum absolute atomic E-state index is 2.71. The molecule has 0 saturated carbocycles. The van der Waals surface area contributed by atoms with Gasteiger partial charge >= 0.3 is 26.2 Å². The fraction of sp³-hybridized carbons (Fsp3) is 0.561. The number of fused-ring (bicyclic) bond motifs is 3. The number of allylic oxidation sites excluding steroid dienone is 6. The quantitative estimate of drug-likeness (QED) is 0.352. The minimum atomic E-state index is 0. The first kappa shape index (κ1) is 37.6. The fourth-order valence-corrected chi connectivity index (χ4v) is 8.74. The van der Waals surface area contributed by atoms with E-state index in [1.807, 2.05) is 5.57 Å². The summed E-state index contributed by atoms with van der Waals surface area (Å²) in [7, 11) is 0. The molecule has 3 atom stereocenters. The molecule has 0 bridgehead atoms. The SMILES string of the molecule is CCC1(C2c3ccc(C(C)(C)C)cc3-c3cc(C(C)(C)C)ccc32)CC(C2CC=CCC2)C2=C1C=C(C(C)(C)C)C2.[Cl-].[Cl-].[Zr+2]. The predicted molar refractivity (Wildman–Crippen MR) is 178 cm³/mol. The average Bonchev–Trinajstić information content (AvgIpc) is 3.57. The van der Waals surface area contributed by atoms with Crippen molar-refractivity contribution in [2.45, 2.75) is 125 Å². The van der Waals surface area contributed by atoms with Gasteiger partial charge < -0.3 is 24.8 Å². The van der Waals surface area contributed by atoms with Crippen molar-refractivity contribution in [2.24, 2.45) is 22.7 Å². The third-order valence-electron chi connectivity index (χ3n) is 11.4. The molecule has 0 aliphatic heterocycles. The third-order valence-corrected chi connectivity index (χ3v) is 11.4. The van der Waals surface area contributed by atoms with Crippen molar-refractivity contribution < 1.29 is 51.0 Å². The molecule has 0 radical (unpaired) electrons. The molecule has 3 heteroatoms. The van der Waals surface area contributed by atoms with Crippen molar-refractivity contribution in [3.05, 3.63) is 93.6 Å². The first-order valence-electron chi connectivity index (χ1n) is 16.5. The normalized spacial score (nSPS) is 24.5. The fourth-order valence-electron chi connectivity index (χ4n) is 8.74. The molecule has 2 aromatic carbocycles. The molecule has 3 unspecified atom stereocenters. The van der Waals surface area contributed by atoms with Crippen molar-refractivity contribution in [1.82, 2.24) is 0 Å². The maximum Gasteiger partial charge on any atom is 2.00 e. The molecular formula is C41H54Cl2Zr. The molecule has 236 valence electrons. The van der Waals surface area contributed by atoms with Gasteiger partial charge in [0, 0.05) is 11.3 Å². The number of hydrogen-bond donors (Lipinski definition) is 0. The summed E-state index contributed by atoms with van der Waals surface area (Å²) in [6.45, 7) is 23.9. The van der Waals surface area contributed by atoms with Crippen LogP contribution in [-0.2, 0) is 37.0 Å². The Hall–Kier alpha value is -0.877. The van der Waals surface area contributed by atoms with Crippen molar-refractivity contribution in [1.29, 1.82) is 0 Å². The van der Waals surface area contributed by atoms with Crippen LogP contribution in [0.2, 0.25) is 0 Å². The van der Waals surface area contributed by atoms with Gasteiger partial charge in [-0.05, 0) is 106 Å². The van der Waals surface area contributed by atoms with E-state index in [9.17, 15) is 0 Å². The van der Waals surface area contributed by atoms with E-state index in [0.717, 1.165) is 5.92 Å². The van der Waals surface area contributed by atoms with E-state index in [2.05, 4.69) is 124 Å². The molecule has 0 amide bonds. The Balaban J connectivity index is 0.00000176. The van der Waals surface area contributed by atoms with E-state index in [-0.39, 0.29) is 72.7 Å². The Morgan fingerprint density at radius 3 is 1.73 bits per heavy atom. The number of rotatable bonds is 3. The van der Waals surface area contributed by atoms with E-state index in [1.165, 1.54) is 60.8 Å². The van der Waals surface area contributed by atoms with Gasteiger partial charge in [-0.25, -0.2) is 0 Å². The summed E-state index contributed by atoms with van der Waals surface area (Å²) in [5.74, 6) is 1.92. The van der Waals surface area contributed by atoms with Gasteiger partial charge in [0.15, 0.2) is 0 Å². The van der Waals surface area contributed by atoms with Crippen LogP contribution in [0.3, 0.4) is 0 Å². The molecule has 4 aliphatic rings. The van der Waals surface area contributed by atoms with Crippen LogP contribution in [0.25, 0.3) is 11.1 Å². The maximum atomic E-state index is 2.71. The zero-order valence-corrected chi connectivity index (χ0v) is 32.9. The summed E-state index contributed by atoms with van der Waals surface area (Å²) in [4.78, 5) is 0. The van der Waals surface area contributed by atoms with Crippen LogP contribution in [0.1, 0.15) is 136 Å². The zero-order valence-electron chi connectivity index (χ0n) is 28.9. The van der Waals surface area contributed by atoms with Gasteiger partial charge in [-0.3, -0.25) is 0 Å². The molecule has 0 heterocycles. The second-order valence-corrected chi connectivity index (χ2v) is 16.9. The molecule has 0 aromatic heterocycles. The Morgan fingerprint density at radius 2 is 1.30 bits per heavy atom. The van der Waals surface area contributed by atoms with Crippen molar-refractivity contribution in [3.8, 4) is 11.1 Å². The van der Waals surface area contributed by atoms with E-state index in [1.54, 1.807) is 22.3 Å². The molecule has 44 heavy (non-hydrogen) atoms.